The summed E-state index contributed by atoms with van der Waals surface area (Å²) in [6.07, 6.45) is -2.48. The van der Waals surface area contributed by atoms with Gasteiger partial charge in [-0.3, -0.25) is 4.90 Å². The predicted octanol–water partition coefficient (Wildman–Crippen LogP) is 2.22. The molecule has 1 aromatic rings. The zero-order valence-electron chi connectivity index (χ0n) is 9.16. The zero-order valence-corrected chi connectivity index (χ0v) is 9.16. The lowest BCUT2D eigenvalue weighted by Crippen LogP contribution is -2.24. The molecular weight excluding hydrogens is 235 g/mol. The number of benzene rings is 1. The highest BCUT2D eigenvalue weighted by molar-refractivity contribution is 5.87. The molecule has 1 aromatic carbocycles. The second-order valence-electron chi connectivity index (χ2n) is 3.74. The van der Waals surface area contributed by atoms with Gasteiger partial charge in [0.1, 0.15) is 5.82 Å². The van der Waals surface area contributed by atoms with E-state index >= 15 is 0 Å². The molecule has 0 fully saturated rings. The molecule has 0 radical (unpaired) electrons. The van der Waals surface area contributed by atoms with Crippen molar-refractivity contribution in [2.24, 2.45) is 0 Å². The molecule has 0 aliphatic rings. The Labute approximate surface area is 96.5 Å². The van der Waals surface area contributed by atoms with Crippen LogP contribution in [0.15, 0.2) is 18.2 Å². The minimum absolute atomic E-state index is 0.0718. The van der Waals surface area contributed by atoms with Gasteiger partial charge in [0.25, 0.3) is 6.43 Å². The number of carboxylic acids is 1. The zero-order chi connectivity index (χ0) is 13.0. The maximum absolute atomic E-state index is 13.1. The summed E-state index contributed by atoms with van der Waals surface area (Å²) >= 11 is 0. The third-order valence-corrected chi connectivity index (χ3v) is 2.11. The summed E-state index contributed by atoms with van der Waals surface area (Å²) in [6.45, 7) is -0.374. The summed E-state index contributed by atoms with van der Waals surface area (Å²) in [6, 6.07) is 3.29. The fraction of sp³-hybridized carbons (Fsp3) is 0.364. The van der Waals surface area contributed by atoms with Gasteiger partial charge in [-0.15, -0.1) is 0 Å². The highest BCUT2D eigenvalue weighted by Gasteiger charge is 2.11. The molecule has 1 rings (SSSR count). The van der Waals surface area contributed by atoms with E-state index in [2.05, 4.69) is 0 Å². The Balaban J connectivity index is 2.80. The van der Waals surface area contributed by atoms with Crippen LogP contribution in [0.2, 0.25) is 0 Å². The molecule has 1 N–H and O–H groups in total. The Morgan fingerprint density at radius 2 is 2.06 bits per heavy atom. The van der Waals surface area contributed by atoms with Crippen molar-refractivity contribution in [3.63, 3.8) is 0 Å². The Morgan fingerprint density at radius 1 is 1.41 bits per heavy atom. The van der Waals surface area contributed by atoms with E-state index in [1.807, 2.05) is 0 Å². The monoisotopic (exact) mass is 247 g/mol. The molecule has 0 saturated carbocycles. The van der Waals surface area contributed by atoms with Gasteiger partial charge in [0.05, 0.1) is 12.1 Å². The van der Waals surface area contributed by atoms with Gasteiger partial charge in [-0.1, -0.05) is 0 Å². The summed E-state index contributed by atoms with van der Waals surface area (Å²) in [5, 5.41) is 8.71. The third kappa shape index (κ3) is 4.44. The van der Waals surface area contributed by atoms with Crippen molar-refractivity contribution in [3.8, 4) is 0 Å². The first-order valence-electron chi connectivity index (χ1n) is 4.88. The molecule has 0 amide bonds. The Morgan fingerprint density at radius 3 is 2.59 bits per heavy atom. The number of alkyl halides is 2. The molecule has 0 spiro atoms. The lowest BCUT2D eigenvalue weighted by atomic mass is 10.1. The summed E-state index contributed by atoms with van der Waals surface area (Å²) in [5.74, 6) is -1.94. The van der Waals surface area contributed by atoms with Crippen LogP contribution in [0.3, 0.4) is 0 Å². The van der Waals surface area contributed by atoms with E-state index in [1.54, 1.807) is 0 Å². The Hall–Kier alpha value is -1.56. The van der Waals surface area contributed by atoms with E-state index in [-0.39, 0.29) is 12.1 Å². The molecule has 94 valence electrons. The highest BCUT2D eigenvalue weighted by Crippen LogP contribution is 2.12. The first-order valence-corrected chi connectivity index (χ1v) is 4.88. The quantitative estimate of drug-likeness (QED) is 0.867. The van der Waals surface area contributed by atoms with Gasteiger partial charge < -0.3 is 5.11 Å². The number of nitrogens with zero attached hydrogens (tertiary/aromatic N) is 1. The topological polar surface area (TPSA) is 40.5 Å². The van der Waals surface area contributed by atoms with Crippen LogP contribution >= 0.6 is 0 Å². The molecule has 6 heteroatoms. The van der Waals surface area contributed by atoms with Gasteiger partial charge in [-0.05, 0) is 30.8 Å². The molecule has 0 unspecified atom stereocenters. The van der Waals surface area contributed by atoms with Crippen molar-refractivity contribution in [2.45, 2.75) is 13.0 Å². The van der Waals surface area contributed by atoms with E-state index in [1.165, 1.54) is 18.0 Å². The van der Waals surface area contributed by atoms with Crippen molar-refractivity contribution < 1.29 is 23.1 Å². The van der Waals surface area contributed by atoms with Crippen LogP contribution < -0.4 is 0 Å². The van der Waals surface area contributed by atoms with Gasteiger partial charge in [-0.2, -0.15) is 0 Å². The number of rotatable bonds is 5. The molecular formula is C11H12F3NO2. The van der Waals surface area contributed by atoms with Crippen molar-refractivity contribution in [2.75, 3.05) is 13.6 Å². The van der Waals surface area contributed by atoms with E-state index in [0.717, 1.165) is 12.1 Å². The van der Waals surface area contributed by atoms with Gasteiger partial charge in [0, 0.05) is 6.54 Å². The van der Waals surface area contributed by atoms with Crippen molar-refractivity contribution in [3.05, 3.63) is 35.1 Å². The van der Waals surface area contributed by atoms with Crippen LogP contribution in [0.25, 0.3) is 0 Å². The van der Waals surface area contributed by atoms with Crippen molar-refractivity contribution >= 4 is 5.97 Å². The fourth-order valence-electron chi connectivity index (χ4n) is 1.48. The van der Waals surface area contributed by atoms with Gasteiger partial charge >= 0.3 is 5.97 Å². The smallest absolute Gasteiger partial charge is 0.335 e. The van der Waals surface area contributed by atoms with E-state index in [0.29, 0.717) is 5.56 Å². The largest absolute Gasteiger partial charge is 0.478 e. The predicted molar refractivity (Wildman–Crippen MR) is 55.7 cm³/mol. The van der Waals surface area contributed by atoms with Crippen LogP contribution in [0.4, 0.5) is 13.2 Å². The molecule has 3 nitrogen and oxygen atoms in total. The summed E-state index contributed by atoms with van der Waals surface area (Å²) in [4.78, 5) is 12.0. The molecule has 0 heterocycles. The maximum atomic E-state index is 13.1. The number of halogens is 3. The van der Waals surface area contributed by atoms with Crippen LogP contribution in [0.5, 0.6) is 0 Å². The fourth-order valence-corrected chi connectivity index (χ4v) is 1.48. The molecule has 0 atom stereocenters. The second kappa shape index (κ2) is 5.67. The summed E-state index contributed by atoms with van der Waals surface area (Å²) in [7, 11) is 1.46. The van der Waals surface area contributed by atoms with Gasteiger partial charge in [0.15, 0.2) is 0 Å². The van der Waals surface area contributed by atoms with E-state index in [4.69, 9.17) is 5.11 Å². The van der Waals surface area contributed by atoms with Crippen molar-refractivity contribution in [1.82, 2.24) is 4.90 Å². The average Bonchev–Trinajstić information content (AvgIpc) is 2.14. The second-order valence-corrected chi connectivity index (χ2v) is 3.74. The molecule has 0 bridgehead atoms. The minimum Gasteiger partial charge on any atom is -0.478 e. The number of carbonyl (C=O) groups is 1. The molecule has 0 aliphatic carbocycles. The maximum Gasteiger partial charge on any atom is 0.335 e. The van der Waals surface area contributed by atoms with E-state index in [9.17, 15) is 18.0 Å². The average molecular weight is 247 g/mol. The van der Waals surface area contributed by atoms with Crippen LogP contribution in [-0.2, 0) is 6.54 Å². The van der Waals surface area contributed by atoms with Crippen LogP contribution in [0, 0.1) is 5.82 Å². The standard InChI is InChI=1S/C11H12F3NO2/c1-15(6-10(13)14)5-7-2-8(11(16)17)4-9(12)3-7/h2-4,10H,5-6H2,1H3,(H,16,17). The first-order chi connectivity index (χ1) is 7.88. The van der Waals surface area contributed by atoms with Crippen molar-refractivity contribution in [1.29, 1.82) is 0 Å². The highest BCUT2D eigenvalue weighted by atomic mass is 19.3. The normalized spacial score (nSPS) is 11.2. The number of hydrogen-bond acceptors (Lipinski definition) is 2. The molecule has 0 aliphatic heterocycles. The molecule has 0 saturated heterocycles. The third-order valence-electron chi connectivity index (χ3n) is 2.11. The number of hydrogen-bond donors (Lipinski definition) is 1. The Bertz CT molecular complexity index is 410. The van der Waals surface area contributed by atoms with Crippen LogP contribution in [-0.4, -0.2) is 36.0 Å². The van der Waals surface area contributed by atoms with E-state index < -0.39 is 24.8 Å². The number of carboxylic acid groups (broad SMARTS) is 1. The van der Waals surface area contributed by atoms with Crippen LogP contribution in [0.1, 0.15) is 15.9 Å². The summed E-state index contributed by atoms with van der Waals surface area (Å²) < 4.78 is 37.2. The number of aromatic carboxylic acids is 1. The molecule has 0 aromatic heterocycles. The SMILES string of the molecule is CN(Cc1cc(F)cc(C(=O)O)c1)CC(F)F. The lowest BCUT2D eigenvalue weighted by molar-refractivity contribution is 0.0695. The molecule has 17 heavy (non-hydrogen) atoms. The summed E-state index contributed by atoms with van der Waals surface area (Å²) in [5.41, 5.74) is 0.163. The van der Waals surface area contributed by atoms with Gasteiger partial charge in [-0.25, -0.2) is 18.0 Å². The minimum atomic E-state index is -2.48. The lowest BCUT2D eigenvalue weighted by Gasteiger charge is -2.16. The first kappa shape index (κ1) is 13.5. The Kier molecular flexibility index (Phi) is 4.51. The van der Waals surface area contributed by atoms with Gasteiger partial charge in [0.2, 0.25) is 0 Å².